The summed E-state index contributed by atoms with van der Waals surface area (Å²) in [7, 11) is 0. The minimum Gasteiger partial charge on any atom is -0.490 e. The summed E-state index contributed by atoms with van der Waals surface area (Å²) in [4.78, 5) is 0. The van der Waals surface area contributed by atoms with E-state index in [1.54, 1.807) is 0 Å². The molecule has 0 amide bonds. The Morgan fingerprint density at radius 2 is 2.29 bits per heavy atom. The summed E-state index contributed by atoms with van der Waals surface area (Å²) in [6.45, 7) is 4.55. The maximum absolute atomic E-state index is 5.77. The van der Waals surface area contributed by atoms with Gasteiger partial charge in [0.1, 0.15) is 12.4 Å². The molecule has 1 aromatic rings. The van der Waals surface area contributed by atoms with Gasteiger partial charge in [0, 0.05) is 6.04 Å². The average molecular weight is 191 g/mol. The van der Waals surface area contributed by atoms with E-state index in [2.05, 4.69) is 0 Å². The average Bonchev–Trinajstić information content (AvgIpc) is 2.19. The van der Waals surface area contributed by atoms with Crippen LogP contribution in [0.5, 0.6) is 5.75 Å². The van der Waals surface area contributed by atoms with Gasteiger partial charge in [-0.1, -0.05) is 24.3 Å². The smallest absolute Gasteiger partial charge is 0.120 e. The van der Waals surface area contributed by atoms with Crippen molar-refractivity contribution in [2.75, 3.05) is 6.61 Å². The van der Waals surface area contributed by atoms with Gasteiger partial charge in [-0.25, -0.2) is 0 Å². The molecule has 1 rings (SSSR count). The van der Waals surface area contributed by atoms with Crippen molar-refractivity contribution in [1.82, 2.24) is 0 Å². The van der Waals surface area contributed by atoms with Crippen LogP contribution in [0.4, 0.5) is 0 Å². The molecule has 1 aromatic carbocycles. The fourth-order valence-electron chi connectivity index (χ4n) is 1.13. The lowest BCUT2D eigenvalue weighted by molar-refractivity contribution is 0.362. The van der Waals surface area contributed by atoms with Gasteiger partial charge in [0.25, 0.3) is 0 Å². The van der Waals surface area contributed by atoms with Crippen LogP contribution in [0.15, 0.2) is 36.4 Å². The van der Waals surface area contributed by atoms with E-state index >= 15 is 0 Å². The highest BCUT2D eigenvalue weighted by Gasteiger charge is 1.99. The predicted octanol–water partition coefficient (Wildman–Crippen LogP) is 2.66. The number of nitrogens with two attached hydrogens (primary N) is 1. The second kappa shape index (κ2) is 5.45. The minimum atomic E-state index is 0.0558. The maximum Gasteiger partial charge on any atom is 0.120 e. The third-order valence-electron chi connectivity index (χ3n) is 1.97. The van der Waals surface area contributed by atoms with Crippen LogP contribution in [0.1, 0.15) is 25.5 Å². The number of benzene rings is 1. The van der Waals surface area contributed by atoms with Crippen LogP contribution in [0.2, 0.25) is 0 Å². The van der Waals surface area contributed by atoms with Crippen LogP contribution >= 0.6 is 0 Å². The summed E-state index contributed by atoms with van der Waals surface area (Å²) in [5.41, 5.74) is 6.87. The van der Waals surface area contributed by atoms with Gasteiger partial charge in [-0.3, -0.25) is 0 Å². The molecule has 76 valence electrons. The summed E-state index contributed by atoms with van der Waals surface area (Å²) in [5, 5.41) is 0. The van der Waals surface area contributed by atoms with Gasteiger partial charge in [-0.2, -0.15) is 0 Å². The van der Waals surface area contributed by atoms with Gasteiger partial charge in [-0.05, 0) is 31.5 Å². The molecule has 14 heavy (non-hydrogen) atoms. The second-order valence-corrected chi connectivity index (χ2v) is 3.24. The first-order valence-electron chi connectivity index (χ1n) is 4.83. The molecule has 2 nitrogen and oxygen atoms in total. The van der Waals surface area contributed by atoms with E-state index in [1.807, 2.05) is 50.3 Å². The van der Waals surface area contributed by atoms with Crippen molar-refractivity contribution in [3.05, 3.63) is 42.0 Å². The third kappa shape index (κ3) is 3.23. The highest BCUT2D eigenvalue weighted by molar-refractivity contribution is 5.30. The second-order valence-electron chi connectivity index (χ2n) is 3.24. The van der Waals surface area contributed by atoms with Crippen LogP contribution in [0.3, 0.4) is 0 Å². The number of ether oxygens (including phenoxy) is 1. The molecule has 0 unspecified atom stereocenters. The highest BCUT2D eigenvalue weighted by Crippen LogP contribution is 2.17. The Hall–Kier alpha value is -1.28. The molecule has 0 aliphatic rings. The molecule has 0 radical (unpaired) electrons. The molecule has 0 fully saturated rings. The van der Waals surface area contributed by atoms with Crippen molar-refractivity contribution in [2.45, 2.75) is 19.9 Å². The van der Waals surface area contributed by atoms with Crippen LogP contribution < -0.4 is 10.5 Å². The van der Waals surface area contributed by atoms with Crippen LogP contribution in [0.25, 0.3) is 0 Å². The molecule has 0 saturated heterocycles. The van der Waals surface area contributed by atoms with Gasteiger partial charge < -0.3 is 10.5 Å². The Morgan fingerprint density at radius 1 is 1.50 bits per heavy atom. The zero-order valence-corrected chi connectivity index (χ0v) is 8.73. The Morgan fingerprint density at radius 3 is 2.93 bits per heavy atom. The standard InChI is InChI=1S/C12H17NO/c1-3-4-8-14-12-7-5-6-11(9-12)10(2)13/h3-7,9-10H,8,13H2,1-2H3/t10-/m1/s1. The normalized spacial score (nSPS) is 13.1. The SMILES string of the molecule is CC=CCOc1cccc([C@@H](C)N)c1. The Labute approximate surface area is 85.4 Å². The molecule has 0 spiro atoms. The molecule has 0 aromatic heterocycles. The van der Waals surface area contributed by atoms with Gasteiger partial charge in [0.2, 0.25) is 0 Å². The largest absolute Gasteiger partial charge is 0.490 e. The number of hydrogen-bond donors (Lipinski definition) is 1. The lowest BCUT2D eigenvalue weighted by Crippen LogP contribution is -2.05. The molecule has 2 heteroatoms. The first-order chi connectivity index (χ1) is 6.74. The Balaban J connectivity index is 2.64. The third-order valence-corrected chi connectivity index (χ3v) is 1.97. The number of allylic oxidation sites excluding steroid dienone is 1. The van der Waals surface area contributed by atoms with Crippen molar-refractivity contribution < 1.29 is 4.74 Å². The number of rotatable bonds is 4. The molecule has 0 saturated carbocycles. The van der Waals surface area contributed by atoms with Gasteiger partial charge in [-0.15, -0.1) is 0 Å². The summed E-state index contributed by atoms with van der Waals surface area (Å²) < 4.78 is 5.49. The zero-order valence-electron chi connectivity index (χ0n) is 8.73. The molecular formula is C12H17NO. The quantitative estimate of drug-likeness (QED) is 0.742. The van der Waals surface area contributed by atoms with Gasteiger partial charge in [0.15, 0.2) is 0 Å². The van der Waals surface area contributed by atoms with Gasteiger partial charge in [0.05, 0.1) is 0 Å². The molecule has 0 aliphatic carbocycles. The molecule has 0 aliphatic heterocycles. The first kappa shape index (κ1) is 10.8. The van der Waals surface area contributed by atoms with E-state index in [0.717, 1.165) is 11.3 Å². The fourth-order valence-corrected chi connectivity index (χ4v) is 1.13. The van der Waals surface area contributed by atoms with E-state index < -0.39 is 0 Å². The summed E-state index contributed by atoms with van der Waals surface area (Å²) >= 11 is 0. The summed E-state index contributed by atoms with van der Waals surface area (Å²) in [5.74, 6) is 0.873. The lowest BCUT2D eigenvalue weighted by Gasteiger charge is -2.08. The molecule has 2 N–H and O–H groups in total. The lowest BCUT2D eigenvalue weighted by atomic mass is 10.1. The van der Waals surface area contributed by atoms with E-state index in [4.69, 9.17) is 10.5 Å². The Bertz CT molecular complexity index is 305. The first-order valence-corrected chi connectivity index (χ1v) is 4.83. The minimum absolute atomic E-state index is 0.0558. The Kier molecular flexibility index (Phi) is 4.20. The van der Waals surface area contributed by atoms with Crippen LogP contribution in [-0.2, 0) is 0 Å². The summed E-state index contributed by atoms with van der Waals surface area (Å²) in [6.07, 6.45) is 3.94. The molecule has 0 heterocycles. The zero-order chi connectivity index (χ0) is 10.4. The highest BCUT2D eigenvalue weighted by atomic mass is 16.5. The van der Waals surface area contributed by atoms with E-state index in [-0.39, 0.29) is 6.04 Å². The van der Waals surface area contributed by atoms with Crippen LogP contribution in [0, 0.1) is 0 Å². The maximum atomic E-state index is 5.77. The topological polar surface area (TPSA) is 35.2 Å². The summed E-state index contributed by atoms with van der Waals surface area (Å²) in [6, 6.07) is 7.95. The van der Waals surface area contributed by atoms with Crippen molar-refractivity contribution in [3.8, 4) is 5.75 Å². The van der Waals surface area contributed by atoms with E-state index in [1.165, 1.54) is 0 Å². The van der Waals surface area contributed by atoms with Crippen molar-refractivity contribution in [3.63, 3.8) is 0 Å². The molecule has 0 bridgehead atoms. The van der Waals surface area contributed by atoms with Crippen LogP contribution in [-0.4, -0.2) is 6.61 Å². The molecule has 1 atom stereocenters. The van der Waals surface area contributed by atoms with Crippen molar-refractivity contribution in [2.24, 2.45) is 5.73 Å². The van der Waals surface area contributed by atoms with Crippen molar-refractivity contribution >= 4 is 0 Å². The monoisotopic (exact) mass is 191 g/mol. The predicted molar refractivity (Wildman–Crippen MR) is 59.4 cm³/mol. The molecular weight excluding hydrogens is 174 g/mol. The fraction of sp³-hybridized carbons (Fsp3) is 0.333. The van der Waals surface area contributed by atoms with Crippen molar-refractivity contribution in [1.29, 1.82) is 0 Å². The van der Waals surface area contributed by atoms with Gasteiger partial charge >= 0.3 is 0 Å². The number of hydrogen-bond acceptors (Lipinski definition) is 2. The van der Waals surface area contributed by atoms with E-state index in [0.29, 0.717) is 6.61 Å². The van der Waals surface area contributed by atoms with E-state index in [9.17, 15) is 0 Å².